The Bertz CT molecular complexity index is 1120. The number of benzene rings is 2. The Morgan fingerprint density at radius 1 is 1.16 bits per heavy atom. The van der Waals surface area contributed by atoms with Crippen molar-refractivity contribution in [1.29, 1.82) is 0 Å². The summed E-state index contributed by atoms with van der Waals surface area (Å²) in [6.45, 7) is -0.0344. The minimum absolute atomic E-state index is 0.0344. The first kappa shape index (κ1) is 15.6. The van der Waals surface area contributed by atoms with Crippen molar-refractivity contribution in [3.8, 4) is 12.3 Å². The number of ether oxygens (including phenoxy) is 1. The summed E-state index contributed by atoms with van der Waals surface area (Å²) >= 11 is 1.58. The van der Waals surface area contributed by atoms with Crippen LogP contribution in [0.5, 0.6) is 0 Å². The zero-order chi connectivity index (χ0) is 17.2. The molecule has 4 heteroatoms. The molecule has 1 aliphatic rings. The van der Waals surface area contributed by atoms with Crippen LogP contribution in [-0.2, 0) is 9.53 Å². The number of thioether (sulfide) groups is 1. The molecular weight excluding hydrogens is 332 g/mol. The fourth-order valence-electron chi connectivity index (χ4n) is 2.95. The Morgan fingerprint density at radius 3 is 2.72 bits per heavy atom. The van der Waals surface area contributed by atoms with E-state index in [0.29, 0.717) is 11.3 Å². The number of hydrogen-bond acceptors (Lipinski definition) is 4. The second-order valence-electron chi connectivity index (χ2n) is 5.54. The molecule has 0 aliphatic carbocycles. The number of carbonyl (C=O) groups is 1. The van der Waals surface area contributed by atoms with Crippen molar-refractivity contribution in [3.05, 3.63) is 70.8 Å². The van der Waals surface area contributed by atoms with E-state index in [2.05, 4.69) is 5.92 Å². The highest BCUT2D eigenvalue weighted by Gasteiger charge is 2.23. The van der Waals surface area contributed by atoms with E-state index in [-0.39, 0.29) is 12.6 Å². The molecule has 0 saturated heterocycles. The molecule has 4 rings (SSSR count). The number of terminal acetylenes is 1. The quantitative estimate of drug-likeness (QED) is 0.540. The van der Waals surface area contributed by atoms with Gasteiger partial charge in [-0.15, -0.1) is 18.2 Å². The zero-order valence-corrected chi connectivity index (χ0v) is 14.1. The predicted molar refractivity (Wildman–Crippen MR) is 100 cm³/mol. The van der Waals surface area contributed by atoms with E-state index in [1.54, 1.807) is 11.8 Å². The maximum atomic E-state index is 12.5. The van der Waals surface area contributed by atoms with E-state index < -0.39 is 0 Å². The SMILES string of the molecule is C#CCOC(=O)C1=c2c(oc3ccccc23)=C(c2ccccc2)SC1. The number of esters is 1. The van der Waals surface area contributed by atoms with Crippen molar-refractivity contribution in [3.63, 3.8) is 0 Å². The first-order valence-electron chi connectivity index (χ1n) is 7.83. The lowest BCUT2D eigenvalue weighted by atomic mass is 10.1. The fraction of sp³-hybridized carbons (Fsp3) is 0.0952. The van der Waals surface area contributed by atoms with Gasteiger partial charge in [-0.2, -0.15) is 0 Å². The average molecular weight is 346 g/mol. The molecule has 1 aromatic heterocycles. The third-order valence-corrected chi connectivity index (χ3v) is 5.18. The number of para-hydroxylation sites is 1. The van der Waals surface area contributed by atoms with Crippen LogP contribution in [0.1, 0.15) is 5.56 Å². The molecule has 0 unspecified atom stereocenters. The van der Waals surface area contributed by atoms with Gasteiger partial charge in [0.1, 0.15) is 11.0 Å². The van der Waals surface area contributed by atoms with E-state index in [0.717, 1.165) is 32.1 Å². The Morgan fingerprint density at radius 2 is 1.92 bits per heavy atom. The molecule has 0 bridgehead atoms. The van der Waals surface area contributed by atoms with E-state index >= 15 is 0 Å². The molecule has 0 radical (unpaired) electrons. The van der Waals surface area contributed by atoms with Crippen LogP contribution in [0.3, 0.4) is 0 Å². The zero-order valence-electron chi connectivity index (χ0n) is 13.3. The van der Waals surface area contributed by atoms with E-state index in [1.165, 1.54) is 0 Å². The van der Waals surface area contributed by atoms with Crippen molar-refractivity contribution >= 4 is 39.2 Å². The number of furan rings is 1. The van der Waals surface area contributed by atoms with E-state index in [4.69, 9.17) is 15.6 Å². The van der Waals surface area contributed by atoms with Crippen LogP contribution in [-0.4, -0.2) is 18.3 Å². The van der Waals surface area contributed by atoms with Gasteiger partial charge in [0.15, 0.2) is 6.61 Å². The summed E-state index contributed by atoms with van der Waals surface area (Å²) in [7, 11) is 0. The largest absolute Gasteiger partial charge is 0.455 e. The number of hydrogen-bond donors (Lipinski definition) is 0. The molecule has 3 nitrogen and oxygen atoms in total. The van der Waals surface area contributed by atoms with Crippen molar-refractivity contribution < 1.29 is 13.9 Å². The molecule has 2 aromatic carbocycles. The monoisotopic (exact) mass is 346 g/mol. The minimum atomic E-state index is -0.384. The third-order valence-electron chi connectivity index (χ3n) is 4.03. The Hall–Kier alpha value is -2.90. The molecule has 0 spiro atoms. The van der Waals surface area contributed by atoms with Crippen molar-refractivity contribution in [2.75, 3.05) is 12.4 Å². The number of carbonyl (C=O) groups excluding carboxylic acids is 1. The molecule has 2 heterocycles. The van der Waals surface area contributed by atoms with Crippen LogP contribution >= 0.6 is 11.8 Å². The van der Waals surface area contributed by atoms with Gasteiger partial charge >= 0.3 is 5.97 Å². The van der Waals surface area contributed by atoms with Crippen LogP contribution in [0.25, 0.3) is 21.4 Å². The Kier molecular flexibility index (Phi) is 4.09. The standard InChI is InChI=1S/C21H14O3S/c1-2-12-23-21(22)16-13-25-20(14-8-4-3-5-9-14)19-18(16)15-10-6-7-11-17(15)24-19/h1,3-11H,12-13H2. The molecule has 0 N–H and O–H groups in total. The van der Waals surface area contributed by atoms with Gasteiger partial charge in [-0.1, -0.05) is 54.5 Å². The predicted octanol–water partition coefficient (Wildman–Crippen LogP) is 2.66. The molecule has 122 valence electrons. The fourth-order valence-corrected chi connectivity index (χ4v) is 4.07. The summed E-state index contributed by atoms with van der Waals surface area (Å²) in [5, 5.41) is 1.73. The summed E-state index contributed by atoms with van der Waals surface area (Å²) in [6, 6.07) is 17.8. The summed E-state index contributed by atoms with van der Waals surface area (Å²) in [5.41, 5.74) is 3.14. The third kappa shape index (κ3) is 2.73. The highest BCUT2D eigenvalue weighted by atomic mass is 32.2. The number of fused-ring (bicyclic) bond motifs is 3. The van der Waals surface area contributed by atoms with Gasteiger partial charge in [0.25, 0.3) is 0 Å². The maximum Gasteiger partial charge on any atom is 0.336 e. The number of rotatable bonds is 3. The van der Waals surface area contributed by atoms with Gasteiger partial charge in [-0.25, -0.2) is 4.79 Å². The molecule has 0 atom stereocenters. The van der Waals surface area contributed by atoms with E-state index in [9.17, 15) is 4.79 Å². The summed E-state index contributed by atoms with van der Waals surface area (Å²) < 4.78 is 11.3. The highest BCUT2D eigenvalue weighted by Crippen LogP contribution is 2.29. The van der Waals surface area contributed by atoms with Crippen LogP contribution in [0.4, 0.5) is 0 Å². The van der Waals surface area contributed by atoms with Crippen LogP contribution < -0.4 is 10.6 Å². The van der Waals surface area contributed by atoms with Gasteiger partial charge < -0.3 is 9.15 Å². The molecule has 0 amide bonds. The molecule has 0 saturated carbocycles. The normalized spacial score (nSPS) is 13.4. The summed E-state index contributed by atoms with van der Waals surface area (Å²) in [4.78, 5) is 13.5. The molecule has 3 aromatic rings. The second kappa shape index (κ2) is 6.54. The highest BCUT2D eigenvalue weighted by molar-refractivity contribution is 8.08. The molecular formula is C21H14O3S. The molecule has 25 heavy (non-hydrogen) atoms. The Labute approximate surface area is 149 Å². The molecule has 0 fully saturated rings. The van der Waals surface area contributed by atoms with Gasteiger partial charge in [0.2, 0.25) is 0 Å². The summed E-state index contributed by atoms with van der Waals surface area (Å²) in [6.07, 6.45) is 5.21. The van der Waals surface area contributed by atoms with Crippen molar-refractivity contribution in [2.45, 2.75) is 0 Å². The summed E-state index contributed by atoms with van der Waals surface area (Å²) in [5.74, 6) is 2.47. The van der Waals surface area contributed by atoms with Crippen molar-refractivity contribution in [1.82, 2.24) is 0 Å². The van der Waals surface area contributed by atoms with Gasteiger partial charge in [-0.3, -0.25) is 0 Å². The lowest BCUT2D eigenvalue weighted by Crippen LogP contribution is -2.33. The molecule has 1 aliphatic heterocycles. The van der Waals surface area contributed by atoms with E-state index in [1.807, 2.05) is 54.6 Å². The van der Waals surface area contributed by atoms with Crippen LogP contribution in [0.2, 0.25) is 0 Å². The lowest BCUT2D eigenvalue weighted by molar-refractivity contribution is -0.135. The first-order valence-corrected chi connectivity index (χ1v) is 8.82. The topological polar surface area (TPSA) is 39.4 Å². The van der Waals surface area contributed by atoms with Gasteiger partial charge in [-0.05, 0) is 11.6 Å². The second-order valence-corrected chi connectivity index (χ2v) is 6.53. The van der Waals surface area contributed by atoms with Gasteiger partial charge in [0.05, 0.1) is 10.5 Å². The van der Waals surface area contributed by atoms with Crippen LogP contribution in [0.15, 0.2) is 59.0 Å². The minimum Gasteiger partial charge on any atom is -0.455 e. The Balaban J connectivity index is 2.07. The maximum absolute atomic E-state index is 12.5. The lowest BCUT2D eigenvalue weighted by Gasteiger charge is -2.13. The average Bonchev–Trinajstić information content (AvgIpc) is 3.05. The van der Waals surface area contributed by atoms with Crippen molar-refractivity contribution in [2.24, 2.45) is 0 Å². The van der Waals surface area contributed by atoms with Crippen LogP contribution in [0, 0.1) is 12.3 Å². The first-order chi connectivity index (χ1) is 12.3. The van der Waals surface area contributed by atoms with Gasteiger partial charge in [0, 0.05) is 16.4 Å². The smallest absolute Gasteiger partial charge is 0.336 e.